The number of methoxy groups -OCH3 is 1. The molecule has 41 heavy (non-hydrogen) atoms. The number of aromatic nitrogens is 3. The number of hydrogen-bond acceptors (Lipinski definition) is 6. The van der Waals surface area contributed by atoms with E-state index in [4.69, 9.17) is 9.72 Å². The Hall–Kier alpha value is -3.26. The van der Waals surface area contributed by atoms with Crippen LogP contribution in [0.5, 0.6) is 0 Å². The van der Waals surface area contributed by atoms with Gasteiger partial charge in [0.1, 0.15) is 12.2 Å². The van der Waals surface area contributed by atoms with Gasteiger partial charge in [-0.2, -0.15) is 0 Å². The molecule has 2 saturated heterocycles. The number of benzene rings is 1. The molecule has 2 saturated carbocycles. The number of ether oxygens (including phenoxy) is 1. The predicted octanol–water partition coefficient (Wildman–Crippen LogP) is 4.93. The van der Waals surface area contributed by atoms with Gasteiger partial charge in [0.25, 0.3) is 11.1 Å². The van der Waals surface area contributed by atoms with Crippen molar-refractivity contribution < 1.29 is 9.53 Å². The smallest absolute Gasteiger partial charge is 0.325 e. The maximum atomic E-state index is 14.3. The van der Waals surface area contributed by atoms with Crippen LogP contribution in [0, 0.1) is 11.8 Å². The summed E-state index contributed by atoms with van der Waals surface area (Å²) < 4.78 is 8.05. The van der Waals surface area contributed by atoms with E-state index in [0.717, 1.165) is 35.7 Å². The number of hydrogen-bond donors (Lipinski definition) is 0. The highest BCUT2D eigenvalue weighted by atomic mass is 16.5. The Morgan fingerprint density at radius 2 is 1.56 bits per heavy atom. The van der Waals surface area contributed by atoms with Crippen LogP contribution in [0.15, 0.2) is 52.2 Å². The zero-order chi connectivity index (χ0) is 28.1. The summed E-state index contributed by atoms with van der Waals surface area (Å²) >= 11 is 0. The van der Waals surface area contributed by atoms with Crippen LogP contribution in [-0.2, 0) is 16.1 Å². The standard InChI is InChI=1S/C33H40N4O4/c1-41-31(39)20-35-19-23(12-13-30(35)38)32-33(40)37(29-11-3-2-10-28(29)34-32)27-17-24-8-5-9-25(18-27)36(24)26-15-21-6-4-7-22(14-21)16-26/h2-3,10-13,19,21-22,24-27H,4-9,14-18,20H2,1H3. The molecule has 4 bridgehead atoms. The van der Waals surface area contributed by atoms with Gasteiger partial charge in [-0.15, -0.1) is 0 Å². The third-order valence-electron chi connectivity index (χ3n) is 10.5. The zero-order valence-electron chi connectivity index (χ0n) is 23.9. The summed E-state index contributed by atoms with van der Waals surface area (Å²) in [6.45, 7) is -0.213. The first-order valence-electron chi connectivity index (χ1n) is 15.5. The van der Waals surface area contributed by atoms with Crippen LogP contribution < -0.4 is 11.1 Å². The minimum absolute atomic E-state index is 0.102. The number of carbonyl (C=O) groups is 1. The topological polar surface area (TPSA) is 86.4 Å². The van der Waals surface area contributed by atoms with Crippen molar-refractivity contribution in [3.8, 4) is 11.3 Å². The lowest BCUT2D eigenvalue weighted by Crippen LogP contribution is -2.58. The second kappa shape index (κ2) is 10.9. The van der Waals surface area contributed by atoms with E-state index in [-0.39, 0.29) is 23.7 Å². The van der Waals surface area contributed by atoms with Crippen LogP contribution in [0.4, 0.5) is 0 Å². The largest absolute Gasteiger partial charge is 0.468 e. The molecule has 8 heteroatoms. The Bertz CT molecular complexity index is 1550. The molecule has 0 spiro atoms. The Balaban J connectivity index is 1.25. The summed E-state index contributed by atoms with van der Waals surface area (Å²) in [6, 6.07) is 12.7. The highest BCUT2D eigenvalue weighted by Gasteiger charge is 2.45. The lowest BCUT2D eigenvalue weighted by molar-refractivity contribution is -0.141. The maximum Gasteiger partial charge on any atom is 0.325 e. The van der Waals surface area contributed by atoms with E-state index in [2.05, 4.69) is 4.90 Å². The molecule has 7 rings (SSSR count). The third-order valence-corrected chi connectivity index (χ3v) is 10.5. The Morgan fingerprint density at radius 1 is 0.854 bits per heavy atom. The van der Waals surface area contributed by atoms with Crippen molar-refractivity contribution in [2.75, 3.05) is 7.11 Å². The minimum atomic E-state index is -0.520. The van der Waals surface area contributed by atoms with Gasteiger partial charge in [0.2, 0.25) is 0 Å². The summed E-state index contributed by atoms with van der Waals surface area (Å²) in [6.07, 6.45) is 15.6. The average Bonchev–Trinajstić information content (AvgIpc) is 2.97. The molecule has 0 radical (unpaired) electrons. The van der Waals surface area contributed by atoms with Crippen molar-refractivity contribution in [3.05, 3.63) is 63.3 Å². The first kappa shape index (κ1) is 26.6. The van der Waals surface area contributed by atoms with Crippen molar-refractivity contribution in [3.63, 3.8) is 0 Å². The number of esters is 1. The van der Waals surface area contributed by atoms with Crippen LogP contribution in [0.1, 0.15) is 76.7 Å². The van der Waals surface area contributed by atoms with Gasteiger partial charge in [-0.25, -0.2) is 4.98 Å². The van der Waals surface area contributed by atoms with E-state index in [9.17, 15) is 14.4 Å². The molecule has 2 aliphatic carbocycles. The summed E-state index contributed by atoms with van der Waals surface area (Å²) in [4.78, 5) is 46.4. The number of nitrogens with zero attached hydrogens (tertiary/aromatic N) is 4. The number of para-hydroxylation sites is 2. The SMILES string of the molecule is COC(=O)Cn1cc(-c2nc3ccccc3n(C3CC4CCCC(C3)N4C3CC4CCCC(C4)C3)c2=O)ccc1=O. The van der Waals surface area contributed by atoms with Gasteiger partial charge in [0.15, 0.2) is 0 Å². The van der Waals surface area contributed by atoms with Gasteiger partial charge in [-0.05, 0) is 75.0 Å². The Kier molecular flexibility index (Phi) is 7.05. The second-order valence-electron chi connectivity index (χ2n) is 12.9. The van der Waals surface area contributed by atoms with Crippen molar-refractivity contribution in [1.29, 1.82) is 0 Å². The van der Waals surface area contributed by atoms with E-state index < -0.39 is 5.97 Å². The normalized spacial score (nSPS) is 29.8. The summed E-state index contributed by atoms with van der Waals surface area (Å²) in [5, 5.41) is 0. The maximum absolute atomic E-state index is 14.3. The predicted molar refractivity (Wildman–Crippen MR) is 158 cm³/mol. The van der Waals surface area contributed by atoms with Gasteiger partial charge in [-0.1, -0.05) is 37.8 Å². The fourth-order valence-corrected chi connectivity index (χ4v) is 8.84. The molecule has 0 amide bonds. The molecule has 4 aliphatic rings. The molecule has 4 heterocycles. The van der Waals surface area contributed by atoms with Crippen LogP contribution in [0.25, 0.3) is 22.3 Å². The summed E-state index contributed by atoms with van der Waals surface area (Å²) in [7, 11) is 1.29. The van der Waals surface area contributed by atoms with Crippen molar-refractivity contribution >= 4 is 17.0 Å². The molecule has 216 valence electrons. The molecular weight excluding hydrogens is 516 g/mol. The number of rotatable bonds is 5. The molecule has 3 aromatic rings. The van der Waals surface area contributed by atoms with E-state index in [1.165, 1.54) is 75.5 Å². The first-order chi connectivity index (χ1) is 20.0. The third kappa shape index (κ3) is 4.94. The van der Waals surface area contributed by atoms with Crippen LogP contribution in [0.2, 0.25) is 0 Å². The second-order valence-corrected chi connectivity index (χ2v) is 12.9. The van der Waals surface area contributed by atoms with Gasteiger partial charge >= 0.3 is 5.97 Å². The molecule has 4 unspecified atom stereocenters. The molecule has 2 aliphatic heterocycles. The average molecular weight is 557 g/mol. The minimum Gasteiger partial charge on any atom is -0.468 e. The number of piperidine rings is 2. The highest BCUT2D eigenvalue weighted by Crippen LogP contribution is 2.47. The number of carbonyl (C=O) groups excluding carboxylic acids is 1. The molecule has 0 N–H and O–H groups in total. The van der Waals surface area contributed by atoms with Crippen LogP contribution in [-0.4, -0.2) is 50.2 Å². The van der Waals surface area contributed by atoms with Crippen molar-refractivity contribution in [1.82, 2.24) is 19.0 Å². The highest BCUT2D eigenvalue weighted by molar-refractivity contribution is 5.78. The lowest BCUT2D eigenvalue weighted by Gasteiger charge is -2.55. The van der Waals surface area contributed by atoms with Gasteiger partial charge < -0.3 is 13.9 Å². The van der Waals surface area contributed by atoms with E-state index in [0.29, 0.717) is 29.4 Å². The van der Waals surface area contributed by atoms with Gasteiger partial charge in [0.05, 0.1) is 18.1 Å². The van der Waals surface area contributed by atoms with Crippen LogP contribution in [0.3, 0.4) is 0 Å². The van der Waals surface area contributed by atoms with Gasteiger partial charge in [-0.3, -0.25) is 19.3 Å². The summed E-state index contributed by atoms with van der Waals surface area (Å²) in [5.74, 6) is 1.29. The molecule has 4 atom stereocenters. The lowest BCUT2D eigenvalue weighted by atomic mass is 9.68. The van der Waals surface area contributed by atoms with E-state index >= 15 is 0 Å². The number of pyridine rings is 1. The fraction of sp³-hybridized carbons (Fsp3) is 0.576. The molecule has 8 nitrogen and oxygen atoms in total. The Morgan fingerprint density at radius 3 is 2.29 bits per heavy atom. The fourth-order valence-electron chi connectivity index (χ4n) is 8.84. The van der Waals surface area contributed by atoms with Crippen molar-refractivity contribution in [2.24, 2.45) is 11.8 Å². The molecule has 2 aromatic heterocycles. The van der Waals surface area contributed by atoms with E-state index in [1.54, 1.807) is 12.3 Å². The monoisotopic (exact) mass is 556 g/mol. The Labute approximate surface area is 240 Å². The summed E-state index contributed by atoms with van der Waals surface area (Å²) in [5.41, 5.74) is 2.02. The molecule has 1 aromatic carbocycles. The molecular formula is C33H40N4O4. The van der Waals surface area contributed by atoms with E-state index in [1.807, 2.05) is 28.8 Å². The van der Waals surface area contributed by atoms with Gasteiger partial charge in [0, 0.05) is 42.0 Å². The first-order valence-corrected chi connectivity index (χ1v) is 15.5. The quantitative estimate of drug-likeness (QED) is 0.415. The van der Waals surface area contributed by atoms with Crippen LogP contribution >= 0.6 is 0 Å². The zero-order valence-corrected chi connectivity index (χ0v) is 23.9. The van der Waals surface area contributed by atoms with Crippen molar-refractivity contribution in [2.45, 2.75) is 101 Å². The number of fused-ring (bicyclic) bond motifs is 5. The molecule has 4 fully saturated rings.